The molecule has 0 aliphatic carbocycles. The van der Waals surface area contributed by atoms with Gasteiger partial charge in [-0.15, -0.1) is 0 Å². The van der Waals surface area contributed by atoms with Crippen molar-refractivity contribution in [3.05, 3.63) is 29.1 Å². The molecule has 0 aliphatic rings. The van der Waals surface area contributed by atoms with E-state index in [4.69, 9.17) is 14.7 Å². The second kappa shape index (κ2) is 8.59. The van der Waals surface area contributed by atoms with Crippen molar-refractivity contribution in [1.29, 1.82) is 5.26 Å². The number of aromatic nitrogens is 1. The van der Waals surface area contributed by atoms with E-state index < -0.39 is 0 Å². The van der Waals surface area contributed by atoms with Gasteiger partial charge >= 0.3 is 0 Å². The van der Waals surface area contributed by atoms with E-state index in [-0.39, 0.29) is 0 Å². The average Bonchev–Trinajstić information content (AvgIpc) is 2.43. The Bertz CT molecular complexity index is 421. The molecule has 0 aliphatic heterocycles. The second-order valence-electron chi connectivity index (χ2n) is 4.35. The third kappa shape index (κ3) is 5.35. The molecule has 1 aromatic heterocycles. The molecular formula is C14H21N3O2. The number of ether oxygens (including phenoxy) is 2. The van der Waals surface area contributed by atoms with Gasteiger partial charge in [0, 0.05) is 40.1 Å². The summed E-state index contributed by atoms with van der Waals surface area (Å²) in [5.74, 6) is 0. The van der Waals surface area contributed by atoms with E-state index in [0.29, 0.717) is 18.8 Å². The van der Waals surface area contributed by atoms with Gasteiger partial charge in [-0.25, -0.2) is 0 Å². The van der Waals surface area contributed by atoms with Gasteiger partial charge in [-0.05, 0) is 18.6 Å². The lowest BCUT2D eigenvalue weighted by Crippen LogP contribution is -2.30. The molecule has 0 bridgehead atoms. The summed E-state index contributed by atoms with van der Waals surface area (Å²) >= 11 is 0. The van der Waals surface area contributed by atoms with Gasteiger partial charge in [0.05, 0.1) is 24.5 Å². The van der Waals surface area contributed by atoms with Crippen LogP contribution in [0.2, 0.25) is 0 Å². The summed E-state index contributed by atoms with van der Waals surface area (Å²) < 4.78 is 10.2. The zero-order valence-corrected chi connectivity index (χ0v) is 11.8. The van der Waals surface area contributed by atoms with Crippen LogP contribution in [0.4, 0.5) is 0 Å². The summed E-state index contributed by atoms with van der Waals surface area (Å²) in [6.07, 6.45) is 1.82. The number of aryl methyl sites for hydroxylation is 1. The first-order valence-electron chi connectivity index (χ1n) is 6.27. The Kier molecular flexibility index (Phi) is 7.04. The SMILES string of the molecule is COCCN(CCOC)Cc1cnc(C)c(C#N)c1. The van der Waals surface area contributed by atoms with E-state index in [9.17, 15) is 0 Å². The maximum atomic E-state index is 9.02. The van der Waals surface area contributed by atoms with Crippen LogP contribution in [-0.2, 0) is 16.0 Å². The van der Waals surface area contributed by atoms with Crippen molar-refractivity contribution in [1.82, 2.24) is 9.88 Å². The third-order valence-corrected chi connectivity index (χ3v) is 2.89. The normalized spacial score (nSPS) is 10.7. The van der Waals surface area contributed by atoms with Crippen molar-refractivity contribution < 1.29 is 9.47 Å². The molecule has 1 rings (SSSR count). The predicted octanol–water partition coefficient (Wildman–Crippen LogP) is 1.36. The number of pyridine rings is 1. The summed E-state index contributed by atoms with van der Waals surface area (Å²) in [5, 5.41) is 9.02. The van der Waals surface area contributed by atoms with Crippen molar-refractivity contribution >= 4 is 0 Å². The molecule has 0 atom stereocenters. The monoisotopic (exact) mass is 263 g/mol. The number of hydrogen-bond donors (Lipinski definition) is 0. The van der Waals surface area contributed by atoms with Gasteiger partial charge in [0.1, 0.15) is 6.07 Å². The molecule has 0 aromatic carbocycles. The van der Waals surface area contributed by atoms with Crippen molar-refractivity contribution in [3.8, 4) is 6.07 Å². The molecule has 0 amide bonds. The minimum atomic E-state index is 0.635. The maximum Gasteiger partial charge on any atom is 0.101 e. The van der Waals surface area contributed by atoms with E-state index in [0.717, 1.165) is 30.9 Å². The largest absolute Gasteiger partial charge is 0.383 e. The molecule has 0 saturated heterocycles. The topological polar surface area (TPSA) is 58.4 Å². The van der Waals surface area contributed by atoms with Gasteiger partial charge in [-0.3, -0.25) is 9.88 Å². The van der Waals surface area contributed by atoms with E-state index in [1.165, 1.54) is 0 Å². The molecule has 0 N–H and O–H groups in total. The Labute approximate surface area is 114 Å². The number of rotatable bonds is 8. The standard InChI is InChI=1S/C14H21N3O2/c1-12-14(9-15)8-13(10-16-12)11-17(4-6-18-2)5-7-19-3/h8,10H,4-7,11H2,1-3H3. The van der Waals surface area contributed by atoms with Gasteiger partial charge in [0.25, 0.3) is 0 Å². The molecule has 104 valence electrons. The third-order valence-electron chi connectivity index (χ3n) is 2.89. The van der Waals surface area contributed by atoms with Crippen LogP contribution in [-0.4, -0.2) is 50.4 Å². The van der Waals surface area contributed by atoms with E-state index in [2.05, 4.69) is 16.0 Å². The van der Waals surface area contributed by atoms with E-state index in [1.807, 2.05) is 19.2 Å². The summed E-state index contributed by atoms with van der Waals surface area (Å²) in [7, 11) is 3.38. The first-order chi connectivity index (χ1) is 9.21. The van der Waals surface area contributed by atoms with Crippen LogP contribution >= 0.6 is 0 Å². The molecule has 0 radical (unpaired) electrons. The fraction of sp³-hybridized carbons (Fsp3) is 0.571. The Hall–Kier alpha value is -1.48. The summed E-state index contributed by atoms with van der Waals surface area (Å²) in [4.78, 5) is 6.47. The quantitative estimate of drug-likeness (QED) is 0.708. The lowest BCUT2D eigenvalue weighted by Gasteiger charge is -2.21. The van der Waals surface area contributed by atoms with Crippen molar-refractivity contribution in [3.63, 3.8) is 0 Å². The fourth-order valence-electron chi connectivity index (χ4n) is 1.74. The number of methoxy groups -OCH3 is 2. The van der Waals surface area contributed by atoms with Gasteiger partial charge in [0.15, 0.2) is 0 Å². The number of nitriles is 1. The van der Waals surface area contributed by atoms with Crippen LogP contribution in [0.1, 0.15) is 16.8 Å². The number of nitrogens with zero attached hydrogens (tertiary/aromatic N) is 3. The summed E-state index contributed by atoms with van der Waals surface area (Å²) in [5.41, 5.74) is 2.44. The molecule has 5 nitrogen and oxygen atoms in total. The zero-order valence-electron chi connectivity index (χ0n) is 11.8. The van der Waals surface area contributed by atoms with Crippen molar-refractivity contribution in [2.24, 2.45) is 0 Å². The molecule has 1 heterocycles. The molecule has 0 saturated carbocycles. The smallest absolute Gasteiger partial charge is 0.101 e. The van der Waals surface area contributed by atoms with Crippen LogP contribution in [0.5, 0.6) is 0 Å². The molecule has 0 spiro atoms. The summed E-state index contributed by atoms with van der Waals surface area (Å²) in [6, 6.07) is 4.06. The van der Waals surface area contributed by atoms with Gasteiger partial charge in [0.2, 0.25) is 0 Å². The van der Waals surface area contributed by atoms with Crippen LogP contribution in [0.15, 0.2) is 12.3 Å². The highest BCUT2D eigenvalue weighted by Crippen LogP contribution is 2.09. The lowest BCUT2D eigenvalue weighted by atomic mass is 10.1. The van der Waals surface area contributed by atoms with Crippen LogP contribution < -0.4 is 0 Å². The highest BCUT2D eigenvalue weighted by atomic mass is 16.5. The minimum absolute atomic E-state index is 0.635. The average molecular weight is 263 g/mol. The second-order valence-corrected chi connectivity index (χ2v) is 4.35. The Morgan fingerprint density at radius 3 is 2.42 bits per heavy atom. The minimum Gasteiger partial charge on any atom is -0.383 e. The molecule has 19 heavy (non-hydrogen) atoms. The van der Waals surface area contributed by atoms with Gasteiger partial charge < -0.3 is 9.47 Å². The van der Waals surface area contributed by atoms with Crippen LogP contribution in [0, 0.1) is 18.3 Å². The molecule has 1 aromatic rings. The highest BCUT2D eigenvalue weighted by Gasteiger charge is 2.08. The molecule has 0 fully saturated rings. The van der Waals surface area contributed by atoms with Crippen molar-refractivity contribution in [2.45, 2.75) is 13.5 Å². The first-order valence-corrected chi connectivity index (χ1v) is 6.27. The maximum absolute atomic E-state index is 9.02. The first kappa shape index (κ1) is 15.6. The van der Waals surface area contributed by atoms with Gasteiger partial charge in [-0.2, -0.15) is 5.26 Å². The van der Waals surface area contributed by atoms with E-state index in [1.54, 1.807) is 14.2 Å². The zero-order chi connectivity index (χ0) is 14.1. The van der Waals surface area contributed by atoms with Crippen molar-refractivity contribution in [2.75, 3.05) is 40.5 Å². The van der Waals surface area contributed by atoms with Crippen LogP contribution in [0.25, 0.3) is 0 Å². The lowest BCUT2D eigenvalue weighted by molar-refractivity contribution is 0.110. The molecular weight excluding hydrogens is 242 g/mol. The van der Waals surface area contributed by atoms with Crippen LogP contribution in [0.3, 0.4) is 0 Å². The molecule has 5 heteroatoms. The number of hydrogen-bond acceptors (Lipinski definition) is 5. The molecule has 0 unspecified atom stereocenters. The Balaban J connectivity index is 2.69. The Morgan fingerprint density at radius 1 is 1.26 bits per heavy atom. The summed E-state index contributed by atoms with van der Waals surface area (Å²) in [6.45, 7) is 5.60. The van der Waals surface area contributed by atoms with E-state index >= 15 is 0 Å². The van der Waals surface area contributed by atoms with Gasteiger partial charge in [-0.1, -0.05) is 0 Å². The predicted molar refractivity (Wildman–Crippen MR) is 72.7 cm³/mol. The highest BCUT2D eigenvalue weighted by molar-refractivity contribution is 5.35. The Morgan fingerprint density at radius 2 is 1.89 bits per heavy atom. The fourth-order valence-corrected chi connectivity index (χ4v) is 1.74.